The van der Waals surface area contributed by atoms with Gasteiger partial charge in [-0.3, -0.25) is 0 Å². The van der Waals surface area contributed by atoms with Gasteiger partial charge in [0.05, 0.1) is 0 Å². The van der Waals surface area contributed by atoms with Gasteiger partial charge in [-0.2, -0.15) is 0 Å². The fourth-order valence-corrected chi connectivity index (χ4v) is 0.708. The summed E-state index contributed by atoms with van der Waals surface area (Å²) in [5, 5.41) is 3.54. The third kappa shape index (κ3) is 3.63. The lowest BCUT2D eigenvalue weighted by atomic mass is 10.0. The molecule has 0 aliphatic heterocycles. The SMILES string of the molecule is CCC(C)(C)NC(=S)NN. The predicted molar refractivity (Wildman–Crippen MR) is 47.4 cm³/mol. The zero-order valence-corrected chi connectivity index (χ0v) is 7.51. The standard InChI is InChI=1S/C6H15N3S/c1-4-6(2,3)8-5(10)9-7/h4,7H2,1-3H3,(H2,8,9,10). The van der Waals surface area contributed by atoms with Gasteiger partial charge in [-0.1, -0.05) is 6.92 Å². The largest absolute Gasteiger partial charge is 0.357 e. The van der Waals surface area contributed by atoms with Crippen LogP contribution in [0.3, 0.4) is 0 Å². The normalized spacial score (nSPS) is 10.8. The van der Waals surface area contributed by atoms with Crippen LogP contribution in [0.4, 0.5) is 0 Å². The Morgan fingerprint density at radius 1 is 1.60 bits per heavy atom. The fourth-order valence-electron chi connectivity index (χ4n) is 0.432. The molecule has 0 saturated heterocycles. The molecule has 0 fully saturated rings. The van der Waals surface area contributed by atoms with Gasteiger partial charge in [0, 0.05) is 5.54 Å². The second-order valence-electron chi connectivity index (χ2n) is 2.84. The van der Waals surface area contributed by atoms with Crippen LogP contribution < -0.4 is 16.6 Å². The summed E-state index contributed by atoms with van der Waals surface area (Å²) in [5.41, 5.74) is 2.41. The van der Waals surface area contributed by atoms with Gasteiger partial charge < -0.3 is 10.7 Å². The molecule has 4 N–H and O–H groups in total. The van der Waals surface area contributed by atoms with Crippen LogP contribution >= 0.6 is 12.2 Å². The average Bonchev–Trinajstić information content (AvgIpc) is 1.87. The van der Waals surface area contributed by atoms with E-state index < -0.39 is 0 Å². The van der Waals surface area contributed by atoms with Crippen molar-refractivity contribution in [2.45, 2.75) is 32.7 Å². The summed E-state index contributed by atoms with van der Waals surface area (Å²) in [6, 6.07) is 0. The minimum absolute atomic E-state index is 0.0312. The smallest absolute Gasteiger partial charge is 0.181 e. The molecule has 3 nitrogen and oxygen atoms in total. The first-order valence-corrected chi connectivity index (χ1v) is 3.71. The third-order valence-corrected chi connectivity index (χ3v) is 1.69. The van der Waals surface area contributed by atoms with Crippen molar-refractivity contribution in [3.05, 3.63) is 0 Å². The van der Waals surface area contributed by atoms with E-state index in [4.69, 9.17) is 18.1 Å². The third-order valence-electron chi connectivity index (χ3n) is 1.47. The Kier molecular flexibility index (Phi) is 3.60. The molecule has 0 aliphatic carbocycles. The first kappa shape index (κ1) is 9.65. The summed E-state index contributed by atoms with van der Waals surface area (Å²) < 4.78 is 0. The van der Waals surface area contributed by atoms with E-state index >= 15 is 0 Å². The van der Waals surface area contributed by atoms with E-state index in [2.05, 4.69) is 31.5 Å². The number of hydrogen-bond donors (Lipinski definition) is 3. The highest BCUT2D eigenvalue weighted by Crippen LogP contribution is 2.05. The van der Waals surface area contributed by atoms with Crippen molar-refractivity contribution < 1.29 is 0 Å². The quantitative estimate of drug-likeness (QED) is 0.314. The number of nitrogens with two attached hydrogens (primary N) is 1. The fraction of sp³-hybridized carbons (Fsp3) is 0.833. The number of hydrogen-bond acceptors (Lipinski definition) is 2. The lowest BCUT2D eigenvalue weighted by molar-refractivity contribution is 0.442. The lowest BCUT2D eigenvalue weighted by Crippen LogP contribution is -2.49. The van der Waals surface area contributed by atoms with E-state index in [1.807, 2.05) is 0 Å². The van der Waals surface area contributed by atoms with Crippen LogP contribution in [0.15, 0.2) is 0 Å². The minimum Gasteiger partial charge on any atom is -0.357 e. The van der Waals surface area contributed by atoms with E-state index in [-0.39, 0.29) is 5.54 Å². The van der Waals surface area contributed by atoms with Crippen LogP contribution in [0.5, 0.6) is 0 Å². The molecule has 0 aromatic carbocycles. The van der Waals surface area contributed by atoms with Crippen LogP contribution in [-0.4, -0.2) is 10.7 Å². The summed E-state index contributed by atoms with van der Waals surface area (Å²) in [6.45, 7) is 6.22. The first-order valence-electron chi connectivity index (χ1n) is 3.30. The zero-order chi connectivity index (χ0) is 8.20. The van der Waals surface area contributed by atoms with Crippen LogP contribution in [0.1, 0.15) is 27.2 Å². The molecule has 0 rings (SSSR count). The van der Waals surface area contributed by atoms with Gasteiger partial charge in [0.2, 0.25) is 0 Å². The zero-order valence-electron chi connectivity index (χ0n) is 6.69. The van der Waals surface area contributed by atoms with Crippen molar-refractivity contribution in [1.29, 1.82) is 0 Å². The number of rotatable bonds is 2. The van der Waals surface area contributed by atoms with Gasteiger partial charge in [-0.05, 0) is 32.5 Å². The molecule has 0 radical (unpaired) electrons. The van der Waals surface area contributed by atoms with E-state index in [1.165, 1.54) is 0 Å². The van der Waals surface area contributed by atoms with Gasteiger partial charge in [0.15, 0.2) is 5.11 Å². The highest BCUT2D eigenvalue weighted by atomic mass is 32.1. The molecule has 10 heavy (non-hydrogen) atoms. The molecule has 0 aromatic heterocycles. The maximum Gasteiger partial charge on any atom is 0.181 e. The summed E-state index contributed by atoms with van der Waals surface area (Å²) in [5.74, 6) is 5.08. The van der Waals surface area contributed by atoms with Gasteiger partial charge in [0.1, 0.15) is 0 Å². The molecular weight excluding hydrogens is 146 g/mol. The van der Waals surface area contributed by atoms with Crippen molar-refractivity contribution in [3.63, 3.8) is 0 Å². The first-order chi connectivity index (χ1) is 4.52. The maximum absolute atomic E-state index is 5.08. The van der Waals surface area contributed by atoms with Crippen LogP contribution in [-0.2, 0) is 0 Å². The molecule has 0 aliphatic rings. The molecule has 0 atom stereocenters. The van der Waals surface area contributed by atoms with Gasteiger partial charge >= 0.3 is 0 Å². The summed E-state index contributed by atoms with van der Waals surface area (Å²) in [6.07, 6.45) is 1.01. The van der Waals surface area contributed by atoms with E-state index in [0.29, 0.717) is 5.11 Å². The highest BCUT2D eigenvalue weighted by molar-refractivity contribution is 7.80. The molecule has 0 aromatic rings. The Morgan fingerprint density at radius 2 is 2.10 bits per heavy atom. The van der Waals surface area contributed by atoms with E-state index in [9.17, 15) is 0 Å². The molecule has 0 unspecified atom stereocenters. The monoisotopic (exact) mass is 161 g/mol. The summed E-state index contributed by atoms with van der Waals surface area (Å²) in [7, 11) is 0. The van der Waals surface area contributed by atoms with Gasteiger partial charge in [-0.25, -0.2) is 5.84 Å². The van der Waals surface area contributed by atoms with Gasteiger partial charge in [0.25, 0.3) is 0 Å². The molecule has 0 spiro atoms. The summed E-state index contributed by atoms with van der Waals surface area (Å²) in [4.78, 5) is 0. The predicted octanol–water partition coefficient (Wildman–Crippen LogP) is 0.513. The van der Waals surface area contributed by atoms with Crippen LogP contribution in [0.25, 0.3) is 0 Å². The number of hydrazine groups is 1. The molecule has 0 saturated carbocycles. The summed E-state index contributed by atoms with van der Waals surface area (Å²) >= 11 is 4.82. The molecule has 60 valence electrons. The number of nitrogens with one attached hydrogen (secondary N) is 2. The van der Waals surface area contributed by atoms with Crippen LogP contribution in [0.2, 0.25) is 0 Å². The Hall–Kier alpha value is -0.350. The Balaban J connectivity index is 3.76. The second-order valence-corrected chi connectivity index (χ2v) is 3.24. The molecule has 0 bridgehead atoms. The van der Waals surface area contributed by atoms with E-state index in [0.717, 1.165) is 6.42 Å². The van der Waals surface area contributed by atoms with Crippen molar-refractivity contribution >= 4 is 17.3 Å². The second kappa shape index (κ2) is 3.73. The van der Waals surface area contributed by atoms with Crippen molar-refractivity contribution in [3.8, 4) is 0 Å². The van der Waals surface area contributed by atoms with E-state index in [1.54, 1.807) is 0 Å². The number of thiocarbonyl (C=S) groups is 1. The van der Waals surface area contributed by atoms with Crippen molar-refractivity contribution in [2.75, 3.05) is 0 Å². The molecule has 4 heteroatoms. The average molecular weight is 161 g/mol. The van der Waals surface area contributed by atoms with Crippen molar-refractivity contribution in [1.82, 2.24) is 10.7 Å². The Morgan fingerprint density at radius 3 is 2.40 bits per heavy atom. The van der Waals surface area contributed by atoms with Crippen LogP contribution in [0, 0.1) is 0 Å². The maximum atomic E-state index is 5.08. The Labute approximate surface area is 67.3 Å². The van der Waals surface area contributed by atoms with Gasteiger partial charge in [-0.15, -0.1) is 0 Å². The minimum atomic E-state index is 0.0312. The topological polar surface area (TPSA) is 50.1 Å². The lowest BCUT2D eigenvalue weighted by Gasteiger charge is -2.25. The van der Waals surface area contributed by atoms with Crippen molar-refractivity contribution in [2.24, 2.45) is 5.84 Å². The Bertz CT molecular complexity index is 122. The molecule has 0 amide bonds. The highest BCUT2D eigenvalue weighted by Gasteiger charge is 2.14. The molecular formula is C6H15N3S. The molecule has 0 heterocycles.